The van der Waals surface area contributed by atoms with Gasteiger partial charge in [0.2, 0.25) is 5.78 Å². The first-order chi connectivity index (χ1) is 6.27. The van der Waals surface area contributed by atoms with Gasteiger partial charge in [-0.3, -0.25) is 14.4 Å². The van der Waals surface area contributed by atoms with Crippen LogP contribution in [0.3, 0.4) is 0 Å². The molecule has 0 aromatic carbocycles. The molecule has 0 radical (unpaired) electrons. The van der Waals surface area contributed by atoms with Crippen LogP contribution in [0.1, 0.15) is 12.8 Å². The van der Waals surface area contributed by atoms with Gasteiger partial charge in [-0.15, -0.1) is 0 Å². The predicted octanol–water partition coefficient (Wildman–Crippen LogP) is 0.909. The van der Waals surface area contributed by atoms with Crippen molar-refractivity contribution < 1.29 is 27.9 Å². The van der Waals surface area contributed by atoms with Crippen LogP contribution in [-0.4, -0.2) is 30.0 Å². The van der Waals surface area contributed by atoms with Gasteiger partial charge in [0.1, 0.15) is 6.42 Å². The Morgan fingerprint density at radius 3 is 2.14 bits per heavy atom. The summed E-state index contributed by atoms with van der Waals surface area (Å²) < 4.78 is 28.2. The first kappa shape index (κ1) is 13.0. The van der Waals surface area contributed by atoms with Crippen molar-refractivity contribution in [1.29, 1.82) is 0 Å². The Balaban J connectivity index is 4.09. The Morgan fingerprint density at radius 2 is 1.79 bits per heavy atom. The van der Waals surface area contributed by atoms with Crippen LogP contribution >= 0.6 is 11.6 Å². The summed E-state index contributed by atoms with van der Waals surface area (Å²) >= 11 is 4.35. The van der Waals surface area contributed by atoms with Crippen molar-refractivity contribution >= 4 is 29.1 Å². The number of rotatable bonds is 5. The zero-order valence-electron chi connectivity index (χ0n) is 7.18. The van der Waals surface area contributed by atoms with Crippen molar-refractivity contribution in [3.8, 4) is 0 Å². The highest BCUT2D eigenvalue weighted by Gasteiger charge is 2.36. The first-order valence-corrected chi connectivity index (χ1v) is 3.83. The number of ether oxygens (including phenoxy) is 1. The normalized spacial score (nSPS) is 10.9. The third kappa shape index (κ3) is 4.86. The fourth-order valence-electron chi connectivity index (χ4n) is 0.575. The van der Waals surface area contributed by atoms with Crippen LogP contribution in [0, 0.1) is 0 Å². The molecule has 0 aliphatic rings. The molecule has 0 aliphatic heterocycles. The lowest BCUT2D eigenvalue weighted by atomic mass is 10.1. The number of ketones is 2. The van der Waals surface area contributed by atoms with Gasteiger partial charge in [0.25, 0.3) is 0 Å². The molecule has 0 N–H and O–H groups in total. The van der Waals surface area contributed by atoms with Crippen LogP contribution < -0.4 is 0 Å². The maximum absolute atomic E-state index is 12.0. The third-order valence-electron chi connectivity index (χ3n) is 1.24. The van der Waals surface area contributed by atoms with Gasteiger partial charge in [0.15, 0.2) is 5.78 Å². The highest BCUT2D eigenvalue weighted by Crippen LogP contribution is 2.21. The minimum atomic E-state index is -4.06. The molecule has 0 rings (SSSR count). The summed E-state index contributed by atoms with van der Waals surface area (Å²) in [5.41, 5.74) is 0. The number of carbonyl (C=O) groups is 3. The molecular weight excluding hydrogens is 222 g/mol. The van der Waals surface area contributed by atoms with E-state index in [0.717, 1.165) is 7.11 Å². The molecular formula is C7H7ClF2O4. The van der Waals surface area contributed by atoms with Crippen LogP contribution in [0.4, 0.5) is 8.78 Å². The summed E-state index contributed by atoms with van der Waals surface area (Å²) in [4.78, 5) is 31.7. The first-order valence-electron chi connectivity index (χ1n) is 3.46. The van der Waals surface area contributed by atoms with Gasteiger partial charge >= 0.3 is 11.4 Å². The SMILES string of the molecule is COC(=O)CC(=O)CC(=O)C(F)(F)Cl. The van der Waals surface area contributed by atoms with E-state index in [-0.39, 0.29) is 0 Å². The number of alkyl halides is 3. The molecule has 0 aromatic heterocycles. The summed E-state index contributed by atoms with van der Waals surface area (Å²) in [6.07, 6.45) is -1.79. The molecule has 14 heavy (non-hydrogen) atoms. The van der Waals surface area contributed by atoms with E-state index in [9.17, 15) is 23.2 Å². The van der Waals surface area contributed by atoms with Crippen LogP contribution in [-0.2, 0) is 19.1 Å². The molecule has 0 unspecified atom stereocenters. The molecule has 7 heteroatoms. The smallest absolute Gasteiger partial charge is 0.380 e. The minimum absolute atomic E-state index is 0.713. The highest BCUT2D eigenvalue weighted by molar-refractivity contribution is 6.34. The van der Waals surface area contributed by atoms with E-state index < -0.39 is 35.8 Å². The molecule has 0 aliphatic carbocycles. The zero-order valence-corrected chi connectivity index (χ0v) is 7.94. The van der Waals surface area contributed by atoms with Crippen molar-refractivity contribution in [2.24, 2.45) is 0 Å². The third-order valence-corrected chi connectivity index (χ3v) is 1.45. The Labute approximate surface area is 83.2 Å². The van der Waals surface area contributed by atoms with Gasteiger partial charge in [-0.05, 0) is 11.6 Å². The second kappa shape index (κ2) is 4.99. The van der Waals surface area contributed by atoms with Gasteiger partial charge < -0.3 is 4.74 Å². The van der Waals surface area contributed by atoms with Crippen molar-refractivity contribution in [3.63, 3.8) is 0 Å². The summed E-state index contributed by atoms with van der Waals surface area (Å²) in [7, 11) is 1.04. The van der Waals surface area contributed by atoms with E-state index in [1.54, 1.807) is 0 Å². The van der Waals surface area contributed by atoms with Gasteiger partial charge in [-0.2, -0.15) is 8.78 Å². The van der Waals surface area contributed by atoms with Gasteiger partial charge in [0, 0.05) is 0 Å². The van der Waals surface area contributed by atoms with E-state index in [0.29, 0.717) is 0 Å². The van der Waals surface area contributed by atoms with E-state index in [4.69, 9.17) is 0 Å². The Morgan fingerprint density at radius 1 is 1.29 bits per heavy atom. The molecule has 0 spiro atoms. The lowest BCUT2D eigenvalue weighted by Gasteiger charge is -2.04. The summed E-state index contributed by atoms with van der Waals surface area (Å²) in [6.45, 7) is 0. The lowest BCUT2D eigenvalue weighted by Crippen LogP contribution is -2.25. The molecule has 0 aromatic rings. The molecule has 0 atom stereocenters. The fourth-order valence-corrected chi connectivity index (χ4v) is 0.642. The van der Waals surface area contributed by atoms with E-state index in [1.165, 1.54) is 0 Å². The second-order valence-corrected chi connectivity index (χ2v) is 2.86. The number of carbonyl (C=O) groups excluding carboxylic acids is 3. The van der Waals surface area contributed by atoms with Crippen molar-refractivity contribution in [1.82, 2.24) is 0 Å². The Bertz CT molecular complexity index is 259. The molecule has 80 valence electrons. The maximum Gasteiger partial charge on any atom is 0.380 e. The maximum atomic E-state index is 12.0. The number of halogens is 3. The van der Waals surface area contributed by atoms with Crippen molar-refractivity contribution in [2.45, 2.75) is 18.2 Å². The number of esters is 1. The Hall–Kier alpha value is -1.04. The predicted molar refractivity (Wildman–Crippen MR) is 42.1 cm³/mol. The quantitative estimate of drug-likeness (QED) is 0.399. The van der Waals surface area contributed by atoms with Crippen LogP contribution in [0.15, 0.2) is 0 Å². The summed E-state index contributed by atoms with van der Waals surface area (Å²) in [6, 6.07) is 0. The molecule has 4 nitrogen and oxygen atoms in total. The number of hydrogen-bond donors (Lipinski definition) is 0. The number of Topliss-reactive ketones (excluding diaryl/α,β-unsaturated/α-hetero) is 2. The molecule has 0 saturated heterocycles. The molecule has 0 amide bonds. The van der Waals surface area contributed by atoms with Crippen LogP contribution in [0.25, 0.3) is 0 Å². The largest absolute Gasteiger partial charge is 0.469 e. The van der Waals surface area contributed by atoms with Gasteiger partial charge in [0.05, 0.1) is 13.5 Å². The topological polar surface area (TPSA) is 60.4 Å². The number of hydrogen-bond acceptors (Lipinski definition) is 4. The standard InChI is InChI=1S/C7H7ClF2O4/c1-14-6(13)3-4(11)2-5(12)7(8,9)10/h2-3H2,1H3. The molecule has 0 fully saturated rings. The number of methoxy groups -OCH3 is 1. The minimum Gasteiger partial charge on any atom is -0.469 e. The van der Waals surface area contributed by atoms with Crippen LogP contribution in [0.5, 0.6) is 0 Å². The van der Waals surface area contributed by atoms with Gasteiger partial charge in [-0.25, -0.2) is 0 Å². The van der Waals surface area contributed by atoms with Crippen molar-refractivity contribution in [2.75, 3.05) is 7.11 Å². The van der Waals surface area contributed by atoms with Crippen molar-refractivity contribution in [3.05, 3.63) is 0 Å². The molecule has 0 saturated carbocycles. The summed E-state index contributed by atoms with van der Waals surface area (Å²) in [5, 5.41) is -4.06. The monoisotopic (exact) mass is 228 g/mol. The molecule has 0 heterocycles. The van der Waals surface area contributed by atoms with Crippen LogP contribution in [0.2, 0.25) is 0 Å². The average molecular weight is 229 g/mol. The second-order valence-electron chi connectivity index (χ2n) is 2.39. The lowest BCUT2D eigenvalue weighted by molar-refractivity contribution is -0.144. The Kier molecular flexibility index (Phi) is 4.62. The zero-order chi connectivity index (χ0) is 11.4. The van der Waals surface area contributed by atoms with E-state index in [1.807, 2.05) is 0 Å². The van der Waals surface area contributed by atoms with E-state index >= 15 is 0 Å². The van der Waals surface area contributed by atoms with E-state index in [2.05, 4.69) is 16.3 Å². The van der Waals surface area contributed by atoms with Gasteiger partial charge in [-0.1, -0.05) is 0 Å². The fraction of sp³-hybridized carbons (Fsp3) is 0.571. The molecule has 0 bridgehead atoms. The summed E-state index contributed by atoms with van der Waals surface area (Å²) in [5.74, 6) is -3.57. The highest BCUT2D eigenvalue weighted by atomic mass is 35.5. The average Bonchev–Trinajstić information content (AvgIpc) is 2.02.